The second-order valence-electron chi connectivity index (χ2n) is 1.81. The van der Waals surface area contributed by atoms with E-state index in [9.17, 15) is 0 Å². The highest BCUT2D eigenvalue weighted by molar-refractivity contribution is 5.10. The zero-order valence-corrected chi connectivity index (χ0v) is 5.72. The Morgan fingerprint density at radius 2 is 2.44 bits per heavy atom. The molecule has 0 aliphatic heterocycles. The van der Waals surface area contributed by atoms with Crippen molar-refractivity contribution in [1.82, 2.24) is 0 Å². The van der Waals surface area contributed by atoms with Crippen molar-refractivity contribution in [2.75, 3.05) is 6.61 Å². The summed E-state index contributed by atoms with van der Waals surface area (Å²) in [6.07, 6.45) is 8.51. The highest BCUT2D eigenvalue weighted by atomic mass is 16.3. The molecule has 0 saturated heterocycles. The molecule has 0 fully saturated rings. The van der Waals surface area contributed by atoms with Crippen LogP contribution in [0.15, 0.2) is 11.6 Å². The lowest BCUT2D eigenvalue weighted by molar-refractivity contribution is 0.329. The van der Waals surface area contributed by atoms with E-state index >= 15 is 0 Å². The zero-order chi connectivity index (χ0) is 7.11. The molecule has 0 aromatic rings. The minimum absolute atomic E-state index is 0.0953. The second kappa shape index (κ2) is 5.40. The first-order valence-electron chi connectivity index (χ1n) is 3.07. The summed E-state index contributed by atoms with van der Waals surface area (Å²) in [5.74, 6) is 2.48. The van der Waals surface area contributed by atoms with E-state index in [1.54, 1.807) is 0 Å². The molecule has 0 saturated carbocycles. The van der Waals surface area contributed by atoms with Crippen LogP contribution >= 0.6 is 0 Å². The van der Waals surface area contributed by atoms with Gasteiger partial charge in [-0.2, -0.15) is 0 Å². The Morgan fingerprint density at radius 1 is 1.78 bits per heavy atom. The van der Waals surface area contributed by atoms with Gasteiger partial charge in [-0.1, -0.05) is 13.0 Å². The molecule has 0 atom stereocenters. The first kappa shape index (κ1) is 8.26. The lowest BCUT2D eigenvalue weighted by Crippen LogP contribution is -1.87. The quantitative estimate of drug-likeness (QED) is 0.444. The zero-order valence-electron chi connectivity index (χ0n) is 5.72. The molecule has 0 aromatic carbocycles. The van der Waals surface area contributed by atoms with Crippen molar-refractivity contribution in [1.29, 1.82) is 0 Å². The maximum atomic E-state index is 8.62. The van der Waals surface area contributed by atoms with Crippen molar-refractivity contribution in [3.63, 3.8) is 0 Å². The van der Waals surface area contributed by atoms with Gasteiger partial charge in [0.1, 0.15) is 0 Å². The maximum Gasteiger partial charge on any atom is 0.0651 e. The maximum absolute atomic E-state index is 8.62. The molecule has 1 N–H and O–H groups in total. The van der Waals surface area contributed by atoms with Crippen molar-refractivity contribution in [3.05, 3.63) is 11.6 Å². The third kappa shape index (κ3) is 3.81. The first-order valence-corrected chi connectivity index (χ1v) is 3.07. The van der Waals surface area contributed by atoms with Gasteiger partial charge < -0.3 is 5.11 Å². The number of hydrogen-bond donors (Lipinski definition) is 1. The molecule has 0 rings (SSSR count). The van der Waals surface area contributed by atoms with E-state index in [1.165, 1.54) is 0 Å². The Hall–Kier alpha value is -0.740. The lowest BCUT2D eigenvalue weighted by atomic mass is 10.2. The summed E-state index contributed by atoms with van der Waals surface area (Å²) in [4.78, 5) is 0. The van der Waals surface area contributed by atoms with Crippen LogP contribution in [0.25, 0.3) is 0 Å². The average molecular weight is 124 g/mol. The number of aliphatic hydroxyl groups excluding tert-OH is 1. The monoisotopic (exact) mass is 124 g/mol. The van der Waals surface area contributed by atoms with Gasteiger partial charge in [0.25, 0.3) is 0 Å². The SMILES string of the molecule is C#CC/C(=C/CC)CO. The van der Waals surface area contributed by atoms with Gasteiger partial charge >= 0.3 is 0 Å². The molecule has 1 nitrogen and oxygen atoms in total. The molecular weight excluding hydrogens is 112 g/mol. The number of allylic oxidation sites excluding steroid dienone is 1. The van der Waals surface area contributed by atoms with Gasteiger partial charge in [-0.3, -0.25) is 0 Å². The first-order chi connectivity index (χ1) is 4.35. The van der Waals surface area contributed by atoms with E-state index in [0.29, 0.717) is 6.42 Å². The minimum atomic E-state index is 0.0953. The van der Waals surface area contributed by atoms with E-state index in [0.717, 1.165) is 12.0 Å². The molecule has 0 radical (unpaired) electrons. The largest absolute Gasteiger partial charge is 0.392 e. The second-order valence-corrected chi connectivity index (χ2v) is 1.81. The van der Waals surface area contributed by atoms with Crippen molar-refractivity contribution < 1.29 is 5.11 Å². The number of aliphatic hydroxyl groups is 1. The van der Waals surface area contributed by atoms with Crippen LogP contribution in [0, 0.1) is 12.3 Å². The standard InChI is InChI=1S/C8H12O/c1-3-5-8(7-9)6-4-2/h1,6,9H,4-5,7H2,2H3/b8-6-. The molecule has 0 aromatic heterocycles. The van der Waals surface area contributed by atoms with Gasteiger partial charge in [-0.25, -0.2) is 0 Å². The van der Waals surface area contributed by atoms with Crippen molar-refractivity contribution in [2.24, 2.45) is 0 Å². The van der Waals surface area contributed by atoms with Crippen LogP contribution < -0.4 is 0 Å². The van der Waals surface area contributed by atoms with Gasteiger partial charge in [0.05, 0.1) is 6.61 Å². The van der Waals surface area contributed by atoms with Crippen LogP contribution in [0.5, 0.6) is 0 Å². The minimum Gasteiger partial charge on any atom is -0.392 e. The summed E-state index contributed by atoms with van der Waals surface area (Å²) < 4.78 is 0. The number of hydrogen-bond acceptors (Lipinski definition) is 1. The highest BCUT2D eigenvalue weighted by Gasteiger charge is 1.88. The lowest BCUT2D eigenvalue weighted by Gasteiger charge is -1.94. The summed E-state index contributed by atoms with van der Waals surface area (Å²) in [5, 5.41) is 8.62. The van der Waals surface area contributed by atoms with Gasteiger partial charge in [-0.05, 0) is 12.0 Å². The fourth-order valence-electron chi connectivity index (χ4n) is 0.612. The Bertz CT molecular complexity index is 128. The molecule has 9 heavy (non-hydrogen) atoms. The van der Waals surface area contributed by atoms with Gasteiger partial charge in [0, 0.05) is 6.42 Å². The third-order valence-corrected chi connectivity index (χ3v) is 1.03. The highest BCUT2D eigenvalue weighted by Crippen LogP contribution is 1.99. The predicted octanol–water partition coefficient (Wildman–Crippen LogP) is 1.34. The van der Waals surface area contributed by atoms with Crippen LogP contribution in [-0.4, -0.2) is 11.7 Å². The summed E-state index contributed by atoms with van der Waals surface area (Å²) >= 11 is 0. The molecule has 0 heterocycles. The molecule has 1 heteroatoms. The summed E-state index contributed by atoms with van der Waals surface area (Å²) in [6.45, 7) is 2.12. The predicted molar refractivity (Wildman–Crippen MR) is 38.9 cm³/mol. The Morgan fingerprint density at radius 3 is 2.78 bits per heavy atom. The van der Waals surface area contributed by atoms with Crippen molar-refractivity contribution >= 4 is 0 Å². The van der Waals surface area contributed by atoms with E-state index in [-0.39, 0.29) is 6.61 Å². The molecule has 0 aliphatic rings. The molecule has 0 unspecified atom stereocenters. The number of terminal acetylenes is 1. The Labute approximate surface area is 56.4 Å². The van der Waals surface area contributed by atoms with Crippen LogP contribution in [0.3, 0.4) is 0 Å². The van der Waals surface area contributed by atoms with E-state index in [1.807, 2.05) is 13.0 Å². The molecule has 0 amide bonds. The van der Waals surface area contributed by atoms with Crippen LogP contribution in [-0.2, 0) is 0 Å². The molecular formula is C8H12O. The normalized spacial score (nSPS) is 11.0. The summed E-state index contributed by atoms with van der Waals surface area (Å²) in [6, 6.07) is 0. The smallest absolute Gasteiger partial charge is 0.0651 e. The van der Waals surface area contributed by atoms with Crippen LogP contribution in [0.1, 0.15) is 19.8 Å². The Balaban J connectivity index is 3.70. The van der Waals surface area contributed by atoms with E-state index < -0.39 is 0 Å². The van der Waals surface area contributed by atoms with E-state index in [4.69, 9.17) is 11.5 Å². The molecule has 0 spiro atoms. The number of rotatable bonds is 3. The van der Waals surface area contributed by atoms with Gasteiger partial charge in [0.2, 0.25) is 0 Å². The fourth-order valence-corrected chi connectivity index (χ4v) is 0.612. The summed E-state index contributed by atoms with van der Waals surface area (Å²) in [5.41, 5.74) is 0.944. The molecule has 0 bridgehead atoms. The van der Waals surface area contributed by atoms with Crippen LogP contribution in [0.2, 0.25) is 0 Å². The van der Waals surface area contributed by atoms with E-state index in [2.05, 4.69) is 5.92 Å². The van der Waals surface area contributed by atoms with Gasteiger partial charge in [-0.15, -0.1) is 12.3 Å². The molecule has 0 aliphatic carbocycles. The molecule has 50 valence electrons. The fraction of sp³-hybridized carbons (Fsp3) is 0.500. The summed E-state index contributed by atoms with van der Waals surface area (Å²) in [7, 11) is 0. The average Bonchev–Trinajstić information content (AvgIpc) is 1.88. The van der Waals surface area contributed by atoms with Gasteiger partial charge in [0.15, 0.2) is 0 Å². The Kier molecular flexibility index (Phi) is 4.95. The topological polar surface area (TPSA) is 20.2 Å². The van der Waals surface area contributed by atoms with Crippen molar-refractivity contribution in [2.45, 2.75) is 19.8 Å². The van der Waals surface area contributed by atoms with Crippen LogP contribution in [0.4, 0.5) is 0 Å². The third-order valence-electron chi connectivity index (χ3n) is 1.03. The van der Waals surface area contributed by atoms with Crippen molar-refractivity contribution in [3.8, 4) is 12.3 Å².